The molecule has 0 radical (unpaired) electrons. The summed E-state index contributed by atoms with van der Waals surface area (Å²) in [5.74, 6) is -0.537. The molecular formula is C12H15BrN2O2S. The molecule has 18 heavy (non-hydrogen) atoms. The van der Waals surface area contributed by atoms with Crippen LogP contribution in [0.2, 0.25) is 0 Å². The van der Waals surface area contributed by atoms with Crippen LogP contribution < -0.4 is 5.73 Å². The number of hydrogen-bond donors (Lipinski definition) is 1. The van der Waals surface area contributed by atoms with Gasteiger partial charge in [0.25, 0.3) is 5.91 Å². The Morgan fingerprint density at radius 3 is 2.78 bits per heavy atom. The van der Waals surface area contributed by atoms with Gasteiger partial charge < -0.3 is 10.6 Å². The van der Waals surface area contributed by atoms with Gasteiger partial charge in [0.1, 0.15) is 0 Å². The van der Waals surface area contributed by atoms with Crippen LogP contribution in [0.1, 0.15) is 29.4 Å². The zero-order chi connectivity index (χ0) is 13.3. The normalized spacial score (nSPS) is 24.0. The van der Waals surface area contributed by atoms with E-state index in [1.54, 1.807) is 4.90 Å². The number of piperidine rings is 1. The van der Waals surface area contributed by atoms with Crippen LogP contribution in [0.25, 0.3) is 0 Å². The van der Waals surface area contributed by atoms with Gasteiger partial charge in [-0.05, 0) is 41.8 Å². The number of nitrogens with zero attached hydrogens (tertiary/aromatic N) is 1. The predicted molar refractivity (Wildman–Crippen MR) is 74.4 cm³/mol. The highest BCUT2D eigenvalue weighted by atomic mass is 79.9. The van der Waals surface area contributed by atoms with Gasteiger partial charge in [0.05, 0.1) is 10.8 Å². The van der Waals surface area contributed by atoms with Crippen molar-refractivity contribution in [2.24, 2.45) is 11.7 Å². The minimum Gasteiger partial charge on any atom is -0.369 e. The minimum absolute atomic E-state index is 0.0100. The molecule has 1 saturated heterocycles. The van der Waals surface area contributed by atoms with Crippen molar-refractivity contribution >= 4 is 39.1 Å². The number of carbonyl (C=O) groups excluding carboxylic acids is 2. The molecule has 0 bridgehead atoms. The zero-order valence-corrected chi connectivity index (χ0v) is 12.5. The van der Waals surface area contributed by atoms with Crippen molar-refractivity contribution in [3.8, 4) is 0 Å². The van der Waals surface area contributed by atoms with Gasteiger partial charge in [0.2, 0.25) is 5.91 Å². The summed E-state index contributed by atoms with van der Waals surface area (Å²) >= 11 is 4.75. The van der Waals surface area contributed by atoms with Gasteiger partial charge in [-0.15, -0.1) is 11.3 Å². The van der Waals surface area contributed by atoms with Gasteiger partial charge in [-0.1, -0.05) is 0 Å². The summed E-state index contributed by atoms with van der Waals surface area (Å²) in [7, 11) is 0. The van der Waals surface area contributed by atoms with Crippen molar-refractivity contribution in [3.63, 3.8) is 0 Å². The van der Waals surface area contributed by atoms with Crippen LogP contribution >= 0.6 is 27.3 Å². The summed E-state index contributed by atoms with van der Waals surface area (Å²) < 4.78 is 0.909. The Kier molecular flexibility index (Phi) is 4.07. The maximum atomic E-state index is 12.4. The van der Waals surface area contributed by atoms with E-state index < -0.39 is 0 Å². The second-order valence-corrected chi connectivity index (χ2v) is 6.44. The molecule has 98 valence electrons. The third kappa shape index (κ3) is 2.75. The van der Waals surface area contributed by atoms with Gasteiger partial charge >= 0.3 is 0 Å². The molecule has 2 N–H and O–H groups in total. The lowest BCUT2D eigenvalue weighted by Crippen LogP contribution is -2.48. The fourth-order valence-corrected chi connectivity index (χ4v) is 3.57. The Morgan fingerprint density at radius 1 is 1.50 bits per heavy atom. The molecule has 2 atom stereocenters. The molecule has 0 unspecified atom stereocenters. The standard InChI is InChI=1S/C12H15BrN2O2S/c1-7-2-3-8(11(14)16)5-15(7)12(17)10-4-9(13)6-18-10/h4,6-8H,2-3,5H2,1H3,(H2,14,16)/t7-,8-/m0/s1. The van der Waals surface area contributed by atoms with Crippen molar-refractivity contribution in [1.29, 1.82) is 0 Å². The summed E-state index contributed by atoms with van der Waals surface area (Å²) in [6.07, 6.45) is 1.60. The molecule has 2 amide bonds. The Morgan fingerprint density at radius 2 is 2.22 bits per heavy atom. The highest BCUT2D eigenvalue weighted by molar-refractivity contribution is 9.10. The largest absolute Gasteiger partial charge is 0.369 e. The lowest BCUT2D eigenvalue weighted by atomic mass is 9.93. The Labute approximate surface area is 118 Å². The quantitative estimate of drug-likeness (QED) is 0.903. The number of likely N-dealkylation sites (tertiary alicyclic amines) is 1. The van der Waals surface area contributed by atoms with Crippen LogP contribution in [0.3, 0.4) is 0 Å². The number of halogens is 1. The topological polar surface area (TPSA) is 63.4 Å². The lowest BCUT2D eigenvalue weighted by Gasteiger charge is -2.36. The van der Waals surface area contributed by atoms with Crippen molar-refractivity contribution < 1.29 is 9.59 Å². The molecule has 1 aromatic rings. The maximum absolute atomic E-state index is 12.4. The third-order valence-corrected chi connectivity index (χ3v) is 5.00. The Balaban J connectivity index is 2.15. The van der Waals surface area contributed by atoms with E-state index in [-0.39, 0.29) is 23.8 Å². The monoisotopic (exact) mass is 330 g/mol. The molecular weight excluding hydrogens is 316 g/mol. The molecule has 1 aliphatic rings. The number of thiophene rings is 1. The smallest absolute Gasteiger partial charge is 0.264 e. The molecule has 6 heteroatoms. The summed E-state index contributed by atoms with van der Waals surface area (Å²) in [6.45, 7) is 2.45. The average Bonchev–Trinajstić information content (AvgIpc) is 2.75. The summed E-state index contributed by atoms with van der Waals surface area (Å²) in [5.41, 5.74) is 5.34. The molecule has 1 fully saturated rings. The first-order valence-electron chi connectivity index (χ1n) is 5.83. The van der Waals surface area contributed by atoms with Crippen LogP contribution in [-0.2, 0) is 4.79 Å². The summed E-state index contributed by atoms with van der Waals surface area (Å²) in [6, 6.07) is 1.97. The van der Waals surface area contributed by atoms with E-state index >= 15 is 0 Å². The zero-order valence-electron chi connectivity index (χ0n) is 10.1. The minimum atomic E-state index is -0.313. The highest BCUT2D eigenvalue weighted by Gasteiger charge is 2.32. The molecule has 0 saturated carbocycles. The van der Waals surface area contributed by atoms with Crippen molar-refractivity contribution in [2.75, 3.05) is 6.54 Å². The van der Waals surface area contributed by atoms with Gasteiger partial charge in [-0.25, -0.2) is 0 Å². The van der Waals surface area contributed by atoms with E-state index in [9.17, 15) is 9.59 Å². The highest BCUT2D eigenvalue weighted by Crippen LogP contribution is 2.27. The first kappa shape index (κ1) is 13.5. The fourth-order valence-electron chi connectivity index (χ4n) is 2.19. The van der Waals surface area contributed by atoms with Gasteiger partial charge in [-0.3, -0.25) is 9.59 Å². The molecule has 2 rings (SSSR count). The first-order valence-corrected chi connectivity index (χ1v) is 7.50. The lowest BCUT2D eigenvalue weighted by molar-refractivity contribution is -0.123. The van der Waals surface area contributed by atoms with E-state index in [4.69, 9.17) is 5.73 Å². The number of amides is 2. The number of primary amides is 1. The van der Waals surface area contributed by atoms with Crippen LogP contribution in [0.5, 0.6) is 0 Å². The maximum Gasteiger partial charge on any atom is 0.264 e. The second kappa shape index (κ2) is 5.40. The number of nitrogens with two attached hydrogens (primary N) is 1. The van der Waals surface area contributed by atoms with Gasteiger partial charge in [-0.2, -0.15) is 0 Å². The van der Waals surface area contributed by atoms with Gasteiger partial charge in [0, 0.05) is 22.4 Å². The van der Waals surface area contributed by atoms with Crippen molar-refractivity contribution in [1.82, 2.24) is 4.90 Å². The van der Waals surface area contributed by atoms with Gasteiger partial charge in [0.15, 0.2) is 0 Å². The van der Waals surface area contributed by atoms with Crippen molar-refractivity contribution in [2.45, 2.75) is 25.8 Å². The van der Waals surface area contributed by atoms with E-state index in [2.05, 4.69) is 15.9 Å². The molecule has 1 aromatic heterocycles. The van der Waals surface area contributed by atoms with E-state index in [0.29, 0.717) is 11.4 Å². The first-order chi connectivity index (χ1) is 8.49. The Bertz CT molecular complexity index is 474. The molecule has 2 heterocycles. The molecule has 1 aliphatic heterocycles. The molecule has 4 nitrogen and oxygen atoms in total. The third-order valence-electron chi connectivity index (χ3n) is 3.32. The van der Waals surface area contributed by atoms with E-state index in [0.717, 1.165) is 17.3 Å². The average molecular weight is 331 g/mol. The van der Waals surface area contributed by atoms with E-state index in [1.807, 2.05) is 18.4 Å². The van der Waals surface area contributed by atoms with Crippen LogP contribution in [0.4, 0.5) is 0 Å². The van der Waals surface area contributed by atoms with Crippen LogP contribution in [0, 0.1) is 5.92 Å². The number of carbonyl (C=O) groups is 2. The number of rotatable bonds is 2. The van der Waals surface area contributed by atoms with E-state index in [1.165, 1.54) is 11.3 Å². The summed E-state index contributed by atoms with van der Waals surface area (Å²) in [5, 5.41) is 1.88. The van der Waals surface area contributed by atoms with Crippen LogP contribution in [0.15, 0.2) is 15.9 Å². The van der Waals surface area contributed by atoms with Crippen molar-refractivity contribution in [3.05, 3.63) is 20.8 Å². The number of hydrogen-bond acceptors (Lipinski definition) is 3. The second-order valence-electron chi connectivity index (χ2n) is 4.61. The van der Waals surface area contributed by atoms with Crippen LogP contribution in [-0.4, -0.2) is 29.3 Å². The molecule has 0 aliphatic carbocycles. The SMILES string of the molecule is C[C@H]1CC[C@H](C(N)=O)CN1C(=O)c1cc(Br)cs1. The molecule has 0 aromatic carbocycles. The fraction of sp³-hybridized carbons (Fsp3) is 0.500. The Hall–Kier alpha value is -0.880. The summed E-state index contributed by atoms with van der Waals surface area (Å²) in [4.78, 5) is 26.1. The molecule has 0 spiro atoms. The predicted octanol–water partition coefficient (Wildman–Crippen LogP) is 2.24.